The number of hydroxylamine groups is 2. The number of hydrazine groups is 1. The zero-order valence-electron chi connectivity index (χ0n) is 21.9. The monoisotopic (exact) mass is 580 g/mol. The maximum Gasteiger partial charge on any atom is 0.434 e. The molecule has 4 amide bonds. The summed E-state index contributed by atoms with van der Waals surface area (Å²) in [5, 5.41) is 11.4. The lowest BCUT2D eigenvalue weighted by molar-refractivity contribution is -0.182. The Morgan fingerprint density at radius 1 is 0.854 bits per heavy atom. The third kappa shape index (κ3) is 8.19. The second-order valence-corrected chi connectivity index (χ2v) is 9.69. The van der Waals surface area contributed by atoms with Gasteiger partial charge in [0, 0.05) is 17.1 Å². The second-order valence-electron chi connectivity index (χ2n) is 9.26. The number of carboxylic acid groups (broad SMARTS) is 1. The maximum absolute atomic E-state index is 13.1. The highest BCUT2D eigenvalue weighted by atomic mass is 35.5. The van der Waals surface area contributed by atoms with Gasteiger partial charge in [-0.15, -0.1) is 0 Å². The SMILES string of the molecule is O=C(NNC(=O)[C@@H]1CC[C@@H](N(OCc2ccccc2)C(=O)OCc2ccccc2)CN1C(=O)O)c1ccc(Cl)cc1. The van der Waals surface area contributed by atoms with Crippen molar-refractivity contribution in [2.75, 3.05) is 6.54 Å². The van der Waals surface area contributed by atoms with Gasteiger partial charge in [0.25, 0.3) is 11.8 Å². The summed E-state index contributed by atoms with van der Waals surface area (Å²) in [5.74, 6) is -1.30. The number of piperidine rings is 1. The summed E-state index contributed by atoms with van der Waals surface area (Å²) in [4.78, 5) is 57.3. The largest absolute Gasteiger partial charge is 0.465 e. The topological polar surface area (TPSA) is 138 Å². The Bertz CT molecular complexity index is 1340. The van der Waals surface area contributed by atoms with E-state index >= 15 is 0 Å². The number of likely N-dealkylation sites (tertiary alicyclic amines) is 1. The summed E-state index contributed by atoms with van der Waals surface area (Å²) in [6.07, 6.45) is -1.84. The van der Waals surface area contributed by atoms with Gasteiger partial charge in [-0.25, -0.2) is 9.59 Å². The van der Waals surface area contributed by atoms with E-state index in [1.54, 1.807) is 0 Å². The van der Waals surface area contributed by atoms with E-state index in [0.717, 1.165) is 21.1 Å². The first-order chi connectivity index (χ1) is 19.8. The minimum atomic E-state index is -1.36. The summed E-state index contributed by atoms with van der Waals surface area (Å²) in [5.41, 5.74) is 6.41. The smallest absolute Gasteiger partial charge is 0.434 e. The molecule has 0 radical (unpaired) electrons. The van der Waals surface area contributed by atoms with Crippen molar-refractivity contribution in [2.45, 2.75) is 38.1 Å². The highest BCUT2D eigenvalue weighted by molar-refractivity contribution is 6.30. The van der Waals surface area contributed by atoms with Crippen LogP contribution in [0.15, 0.2) is 84.9 Å². The molecule has 214 valence electrons. The number of rotatable bonds is 8. The number of benzene rings is 3. The van der Waals surface area contributed by atoms with Crippen LogP contribution in [0.5, 0.6) is 0 Å². The molecule has 41 heavy (non-hydrogen) atoms. The van der Waals surface area contributed by atoms with Gasteiger partial charge in [0.1, 0.15) is 19.3 Å². The molecule has 0 spiro atoms. The molecule has 4 rings (SSSR count). The average molecular weight is 581 g/mol. The van der Waals surface area contributed by atoms with E-state index in [2.05, 4.69) is 10.9 Å². The number of carbonyl (C=O) groups is 4. The lowest BCUT2D eigenvalue weighted by Gasteiger charge is -2.40. The number of ether oxygens (including phenoxy) is 1. The molecule has 0 saturated carbocycles. The molecule has 1 aliphatic rings. The van der Waals surface area contributed by atoms with E-state index in [1.807, 2.05) is 60.7 Å². The number of nitrogens with zero attached hydrogens (tertiary/aromatic N) is 2. The molecule has 3 aromatic carbocycles. The standard InChI is InChI=1S/C29H29ClN4O7/c30-23-13-11-22(12-14-23)26(35)31-32-27(36)25-16-15-24(17-33(25)28(37)38)34(41-19-21-9-5-2-6-10-21)29(39)40-18-20-7-3-1-4-8-20/h1-14,24-25H,15-19H2,(H,31,35)(H,32,36)(H,37,38)/t24-,25+/m1/s1. The fourth-order valence-electron chi connectivity index (χ4n) is 4.31. The van der Waals surface area contributed by atoms with Crippen molar-refractivity contribution in [2.24, 2.45) is 0 Å². The molecule has 1 aliphatic heterocycles. The Balaban J connectivity index is 1.42. The second kappa shape index (κ2) is 14.1. The Morgan fingerprint density at radius 2 is 1.46 bits per heavy atom. The number of hydrogen-bond donors (Lipinski definition) is 3. The van der Waals surface area contributed by atoms with Crippen LogP contribution in [0.1, 0.15) is 34.3 Å². The lowest BCUT2D eigenvalue weighted by atomic mass is 9.98. The van der Waals surface area contributed by atoms with Crippen LogP contribution >= 0.6 is 11.6 Å². The first-order valence-electron chi connectivity index (χ1n) is 12.8. The van der Waals surface area contributed by atoms with Gasteiger partial charge < -0.3 is 9.84 Å². The van der Waals surface area contributed by atoms with Gasteiger partial charge in [-0.05, 0) is 48.2 Å². The Labute approximate surface area is 241 Å². The van der Waals surface area contributed by atoms with E-state index in [1.165, 1.54) is 24.3 Å². The van der Waals surface area contributed by atoms with Crippen LogP contribution in [0.2, 0.25) is 5.02 Å². The van der Waals surface area contributed by atoms with Crippen molar-refractivity contribution >= 4 is 35.6 Å². The molecular weight excluding hydrogens is 552 g/mol. The van der Waals surface area contributed by atoms with Gasteiger partial charge in [-0.3, -0.25) is 30.2 Å². The molecule has 0 aromatic heterocycles. The van der Waals surface area contributed by atoms with Crippen LogP contribution in [0.4, 0.5) is 9.59 Å². The predicted octanol–water partition coefficient (Wildman–Crippen LogP) is 4.38. The Hall–Kier alpha value is -4.61. The van der Waals surface area contributed by atoms with E-state index in [4.69, 9.17) is 21.2 Å². The molecule has 1 heterocycles. The number of carbonyl (C=O) groups excluding carboxylic acids is 3. The van der Waals surface area contributed by atoms with Gasteiger partial charge in [-0.1, -0.05) is 72.3 Å². The number of amides is 4. The fourth-order valence-corrected chi connectivity index (χ4v) is 4.44. The third-order valence-corrected chi connectivity index (χ3v) is 6.69. The van der Waals surface area contributed by atoms with Gasteiger partial charge in [0.15, 0.2) is 0 Å². The average Bonchev–Trinajstić information content (AvgIpc) is 3.00. The van der Waals surface area contributed by atoms with E-state index in [9.17, 15) is 24.3 Å². The molecule has 0 unspecified atom stereocenters. The molecule has 3 N–H and O–H groups in total. The van der Waals surface area contributed by atoms with Gasteiger partial charge >= 0.3 is 12.2 Å². The van der Waals surface area contributed by atoms with Crippen LogP contribution in [0.25, 0.3) is 0 Å². The van der Waals surface area contributed by atoms with Crippen LogP contribution in [0, 0.1) is 0 Å². The highest BCUT2D eigenvalue weighted by Gasteiger charge is 2.40. The normalized spacial score (nSPS) is 16.4. The Morgan fingerprint density at radius 3 is 2.07 bits per heavy atom. The van der Waals surface area contributed by atoms with E-state index in [-0.39, 0.29) is 38.2 Å². The zero-order valence-corrected chi connectivity index (χ0v) is 22.7. The summed E-state index contributed by atoms with van der Waals surface area (Å²) in [7, 11) is 0. The molecular formula is C29H29ClN4O7. The quantitative estimate of drug-likeness (QED) is 0.336. The van der Waals surface area contributed by atoms with Crippen molar-refractivity contribution in [1.29, 1.82) is 0 Å². The molecule has 0 aliphatic carbocycles. The third-order valence-electron chi connectivity index (χ3n) is 6.44. The molecule has 12 heteroatoms. The molecule has 2 atom stereocenters. The summed E-state index contributed by atoms with van der Waals surface area (Å²) >= 11 is 5.84. The van der Waals surface area contributed by atoms with Gasteiger partial charge in [0.2, 0.25) is 0 Å². The molecule has 11 nitrogen and oxygen atoms in total. The predicted molar refractivity (Wildman–Crippen MR) is 148 cm³/mol. The minimum absolute atomic E-state index is 0.00141. The van der Waals surface area contributed by atoms with Crippen molar-refractivity contribution in [3.63, 3.8) is 0 Å². The van der Waals surface area contributed by atoms with Crippen LogP contribution in [-0.4, -0.2) is 57.7 Å². The minimum Gasteiger partial charge on any atom is -0.465 e. The van der Waals surface area contributed by atoms with Crippen molar-refractivity contribution in [3.8, 4) is 0 Å². The van der Waals surface area contributed by atoms with Gasteiger partial charge in [-0.2, -0.15) is 5.06 Å². The van der Waals surface area contributed by atoms with Crippen LogP contribution < -0.4 is 10.9 Å². The van der Waals surface area contributed by atoms with Crippen molar-refractivity contribution in [3.05, 3.63) is 107 Å². The van der Waals surface area contributed by atoms with Gasteiger partial charge in [0.05, 0.1) is 6.04 Å². The van der Waals surface area contributed by atoms with E-state index < -0.39 is 36.1 Å². The summed E-state index contributed by atoms with van der Waals surface area (Å²) in [6.45, 7) is -0.169. The molecule has 3 aromatic rings. The fraction of sp³-hybridized carbons (Fsp3) is 0.241. The number of halogens is 1. The first kappa shape index (κ1) is 29.4. The lowest BCUT2D eigenvalue weighted by Crippen LogP contribution is -2.60. The highest BCUT2D eigenvalue weighted by Crippen LogP contribution is 2.24. The maximum atomic E-state index is 13.1. The number of hydrogen-bond acceptors (Lipinski definition) is 6. The van der Waals surface area contributed by atoms with Crippen LogP contribution in [-0.2, 0) is 27.6 Å². The number of nitrogens with one attached hydrogen (secondary N) is 2. The Kier molecular flexibility index (Phi) is 10.1. The van der Waals surface area contributed by atoms with Crippen LogP contribution in [0.3, 0.4) is 0 Å². The summed E-state index contributed by atoms with van der Waals surface area (Å²) < 4.78 is 5.48. The van der Waals surface area contributed by atoms with E-state index in [0.29, 0.717) is 5.02 Å². The molecule has 0 bridgehead atoms. The molecule has 1 saturated heterocycles. The summed E-state index contributed by atoms with van der Waals surface area (Å²) in [6, 6.07) is 22.5. The first-order valence-corrected chi connectivity index (χ1v) is 13.2. The van der Waals surface area contributed by atoms with Crippen molar-refractivity contribution in [1.82, 2.24) is 20.8 Å². The molecule has 1 fully saturated rings. The van der Waals surface area contributed by atoms with Crippen molar-refractivity contribution < 1.29 is 33.9 Å². The zero-order chi connectivity index (χ0) is 29.2.